The highest BCUT2D eigenvalue weighted by molar-refractivity contribution is 7.85. The molecule has 0 bridgehead atoms. The SMILES string of the molecule is CC[C@@H](C(=O)CS(=O)c1ccc(Cl)cc1)N1CCN(Cc2ccc3c(N)ncnc3c2)C(=O)C1. The fourth-order valence-corrected chi connectivity index (χ4v) is 5.37. The molecule has 1 aliphatic rings. The molecule has 1 amide bonds. The lowest BCUT2D eigenvalue weighted by Crippen LogP contribution is -2.55. The molecule has 1 saturated heterocycles. The number of anilines is 1. The van der Waals surface area contributed by atoms with Crippen molar-refractivity contribution in [1.29, 1.82) is 0 Å². The number of nitrogens with zero attached hydrogens (tertiary/aromatic N) is 4. The number of piperazine rings is 1. The molecule has 4 rings (SSSR count). The summed E-state index contributed by atoms with van der Waals surface area (Å²) in [4.78, 5) is 38.3. The van der Waals surface area contributed by atoms with E-state index >= 15 is 0 Å². The smallest absolute Gasteiger partial charge is 0.237 e. The maximum Gasteiger partial charge on any atom is 0.237 e. The summed E-state index contributed by atoms with van der Waals surface area (Å²) in [5.41, 5.74) is 7.58. The zero-order chi connectivity index (χ0) is 24.2. The van der Waals surface area contributed by atoms with E-state index in [4.69, 9.17) is 17.3 Å². The van der Waals surface area contributed by atoms with Gasteiger partial charge in [-0.1, -0.05) is 24.6 Å². The van der Waals surface area contributed by atoms with E-state index in [-0.39, 0.29) is 24.0 Å². The molecule has 178 valence electrons. The van der Waals surface area contributed by atoms with Crippen LogP contribution in [-0.4, -0.2) is 67.1 Å². The number of hydrogen-bond acceptors (Lipinski definition) is 7. The topological polar surface area (TPSA) is 109 Å². The van der Waals surface area contributed by atoms with Crippen molar-refractivity contribution in [2.75, 3.05) is 31.1 Å². The highest BCUT2D eigenvalue weighted by Crippen LogP contribution is 2.21. The predicted octanol–water partition coefficient (Wildman–Crippen LogP) is 2.67. The van der Waals surface area contributed by atoms with Crippen molar-refractivity contribution < 1.29 is 13.8 Å². The van der Waals surface area contributed by atoms with Gasteiger partial charge in [-0.15, -0.1) is 0 Å². The Morgan fingerprint density at radius 2 is 1.94 bits per heavy atom. The highest BCUT2D eigenvalue weighted by atomic mass is 35.5. The molecule has 2 N–H and O–H groups in total. The first-order chi connectivity index (χ1) is 16.4. The minimum Gasteiger partial charge on any atom is -0.383 e. The van der Waals surface area contributed by atoms with E-state index in [1.807, 2.05) is 30.0 Å². The maximum atomic E-state index is 12.9. The van der Waals surface area contributed by atoms with Gasteiger partial charge in [0.15, 0.2) is 5.78 Å². The van der Waals surface area contributed by atoms with Crippen LogP contribution in [0.15, 0.2) is 53.7 Å². The van der Waals surface area contributed by atoms with Crippen LogP contribution in [0.25, 0.3) is 10.9 Å². The number of halogens is 1. The summed E-state index contributed by atoms with van der Waals surface area (Å²) in [7, 11) is -1.45. The Balaban J connectivity index is 1.37. The van der Waals surface area contributed by atoms with Crippen LogP contribution in [-0.2, 0) is 26.9 Å². The van der Waals surface area contributed by atoms with Gasteiger partial charge in [-0.3, -0.25) is 18.7 Å². The number of amides is 1. The van der Waals surface area contributed by atoms with Gasteiger partial charge in [-0.25, -0.2) is 9.97 Å². The summed E-state index contributed by atoms with van der Waals surface area (Å²) in [6, 6.07) is 11.9. The van der Waals surface area contributed by atoms with Crippen molar-refractivity contribution in [3.05, 3.63) is 59.4 Å². The number of fused-ring (bicyclic) bond motifs is 1. The average Bonchev–Trinajstić information content (AvgIpc) is 2.82. The van der Waals surface area contributed by atoms with Crippen molar-refractivity contribution >= 4 is 50.8 Å². The monoisotopic (exact) mass is 499 g/mol. The molecular formula is C24H26ClN5O3S. The van der Waals surface area contributed by atoms with E-state index in [0.29, 0.717) is 41.8 Å². The molecule has 8 nitrogen and oxygen atoms in total. The van der Waals surface area contributed by atoms with Crippen LogP contribution >= 0.6 is 11.6 Å². The van der Waals surface area contributed by atoms with Gasteiger partial charge in [0.05, 0.1) is 34.7 Å². The Hall–Kier alpha value is -2.88. The van der Waals surface area contributed by atoms with Crippen LogP contribution in [0.4, 0.5) is 5.82 Å². The fourth-order valence-electron chi connectivity index (χ4n) is 4.19. The standard InChI is InChI=1S/C24H26ClN5O3S/c1-2-21(22(31)14-34(33)18-6-4-17(25)5-7-18)29-9-10-30(23(32)13-29)12-16-3-8-19-20(11-16)27-15-28-24(19)26/h3-8,11,15,21H,2,9-10,12-14H2,1H3,(H2,26,27,28)/t21-,34?/m0/s1. The van der Waals surface area contributed by atoms with Gasteiger partial charge in [-0.05, 0) is 48.4 Å². The number of Topliss-reactive ketones (excluding diaryl/α,β-unsaturated/α-hetero) is 1. The summed E-state index contributed by atoms with van der Waals surface area (Å²) < 4.78 is 12.6. The summed E-state index contributed by atoms with van der Waals surface area (Å²) in [6.07, 6.45) is 1.98. The number of rotatable bonds is 8. The Morgan fingerprint density at radius 3 is 2.65 bits per heavy atom. The van der Waals surface area contributed by atoms with Crippen LogP contribution in [0, 0.1) is 0 Å². The maximum absolute atomic E-state index is 12.9. The van der Waals surface area contributed by atoms with Gasteiger partial charge >= 0.3 is 0 Å². The first kappa shape index (κ1) is 24.3. The summed E-state index contributed by atoms with van der Waals surface area (Å²) in [5.74, 6) is 0.173. The molecule has 2 aromatic carbocycles. The molecule has 1 fully saturated rings. The van der Waals surface area contributed by atoms with Gasteiger partial charge in [0.1, 0.15) is 12.1 Å². The zero-order valence-electron chi connectivity index (χ0n) is 18.8. The van der Waals surface area contributed by atoms with Gasteiger partial charge in [-0.2, -0.15) is 0 Å². The number of benzene rings is 2. The molecule has 10 heteroatoms. The lowest BCUT2D eigenvalue weighted by atomic mass is 10.1. The Kier molecular flexibility index (Phi) is 7.55. The number of carbonyl (C=O) groups is 2. The second kappa shape index (κ2) is 10.6. The van der Waals surface area contributed by atoms with Gasteiger partial charge in [0.25, 0.3) is 0 Å². The van der Waals surface area contributed by atoms with Crippen LogP contribution < -0.4 is 5.73 Å². The number of carbonyl (C=O) groups excluding carboxylic acids is 2. The molecule has 1 aromatic heterocycles. The Labute approximate surface area is 205 Å². The molecule has 0 aliphatic carbocycles. The van der Waals surface area contributed by atoms with Gasteiger partial charge < -0.3 is 10.6 Å². The molecule has 2 heterocycles. The van der Waals surface area contributed by atoms with Crippen molar-refractivity contribution in [2.45, 2.75) is 30.8 Å². The van der Waals surface area contributed by atoms with E-state index < -0.39 is 16.8 Å². The first-order valence-electron chi connectivity index (χ1n) is 11.0. The molecule has 34 heavy (non-hydrogen) atoms. The molecular weight excluding hydrogens is 474 g/mol. The zero-order valence-corrected chi connectivity index (χ0v) is 20.4. The normalized spacial score (nSPS) is 16.5. The summed E-state index contributed by atoms with van der Waals surface area (Å²) >= 11 is 5.89. The number of nitrogen functional groups attached to an aromatic ring is 1. The molecule has 1 aliphatic heterocycles. The van der Waals surface area contributed by atoms with Crippen LogP contribution in [0.3, 0.4) is 0 Å². The van der Waals surface area contributed by atoms with Gasteiger partial charge in [0.2, 0.25) is 5.91 Å². The Bertz CT molecular complexity index is 1240. The molecule has 1 unspecified atom stereocenters. The van der Waals surface area contributed by atoms with E-state index in [0.717, 1.165) is 16.5 Å². The lowest BCUT2D eigenvalue weighted by Gasteiger charge is -2.38. The summed E-state index contributed by atoms with van der Waals surface area (Å²) in [5, 5.41) is 1.33. The minimum atomic E-state index is -1.45. The number of aromatic nitrogens is 2. The van der Waals surface area contributed by atoms with E-state index in [2.05, 4.69) is 9.97 Å². The molecule has 3 aromatic rings. The fraction of sp³-hybridized carbons (Fsp3) is 0.333. The van der Waals surface area contributed by atoms with E-state index in [1.54, 1.807) is 29.2 Å². The number of hydrogen-bond donors (Lipinski definition) is 1. The third kappa shape index (κ3) is 5.43. The van der Waals surface area contributed by atoms with Crippen molar-refractivity contribution in [3.8, 4) is 0 Å². The summed E-state index contributed by atoms with van der Waals surface area (Å²) in [6.45, 7) is 3.60. The second-order valence-electron chi connectivity index (χ2n) is 8.23. The van der Waals surface area contributed by atoms with E-state index in [1.165, 1.54) is 6.33 Å². The quantitative estimate of drug-likeness (QED) is 0.507. The Morgan fingerprint density at radius 1 is 1.18 bits per heavy atom. The first-order valence-corrected chi connectivity index (χ1v) is 12.7. The number of nitrogens with two attached hydrogens (primary N) is 1. The largest absolute Gasteiger partial charge is 0.383 e. The van der Waals surface area contributed by atoms with Crippen molar-refractivity contribution in [3.63, 3.8) is 0 Å². The molecule has 0 radical (unpaired) electrons. The number of ketones is 1. The van der Waals surface area contributed by atoms with Crippen LogP contribution in [0.2, 0.25) is 5.02 Å². The van der Waals surface area contributed by atoms with Crippen molar-refractivity contribution in [1.82, 2.24) is 19.8 Å². The molecule has 0 spiro atoms. The predicted molar refractivity (Wildman–Crippen MR) is 133 cm³/mol. The third-order valence-electron chi connectivity index (χ3n) is 6.00. The third-order valence-corrected chi connectivity index (χ3v) is 7.60. The second-order valence-corrected chi connectivity index (χ2v) is 10.1. The minimum absolute atomic E-state index is 0.0429. The van der Waals surface area contributed by atoms with Crippen LogP contribution in [0.5, 0.6) is 0 Å². The lowest BCUT2D eigenvalue weighted by molar-refractivity contribution is -0.139. The van der Waals surface area contributed by atoms with Gasteiger partial charge in [0, 0.05) is 34.9 Å². The molecule has 0 saturated carbocycles. The highest BCUT2D eigenvalue weighted by Gasteiger charge is 2.32. The average molecular weight is 500 g/mol. The van der Waals surface area contributed by atoms with Crippen molar-refractivity contribution in [2.24, 2.45) is 0 Å². The molecule has 2 atom stereocenters. The van der Waals surface area contributed by atoms with E-state index in [9.17, 15) is 13.8 Å². The van der Waals surface area contributed by atoms with Crippen LogP contribution in [0.1, 0.15) is 18.9 Å².